The number of carbonyl (C=O) groups excluding carboxylic acids is 2. The van der Waals surface area contributed by atoms with Crippen LogP contribution in [0.5, 0.6) is 0 Å². The number of hydrogen-bond donors (Lipinski definition) is 1. The summed E-state index contributed by atoms with van der Waals surface area (Å²) < 4.78 is 27.1. The van der Waals surface area contributed by atoms with Crippen LogP contribution >= 0.6 is 23.2 Å². The van der Waals surface area contributed by atoms with Crippen molar-refractivity contribution in [3.05, 3.63) is 58.6 Å². The van der Waals surface area contributed by atoms with Crippen molar-refractivity contribution in [2.24, 2.45) is 0 Å². The Kier molecular flexibility index (Phi) is 5.87. The molecule has 10 heteroatoms. The van der Waals surface area contributed by atoms with Crippen LogP contribution in [0.25, 0.3) is 0 Å². The lowest BCUT2D eigenvalue weighted by molar-refractivity contribution is -0.918. The minimum absolute atomic E-state index is 0.0866. The van der Waals surface area contributed by atoms with E-state index in [2.05, 4.69) is 0 Å². The fourth-order valence-corrected chi connectivity index (χ4v) is 5.74. The fourth-order valence-electron chi connectivity index (χ4n) is 3.95. The zero-order valence-corrected chi connectivity index (χ0v) is 18.3. The number of imide groups is 1. The molecule has 1 atom stereocenters. The van der Waals surface area contributed by atoms with Gasteiger partial charge in [0, 0.05) is 5.02 Å². The second kappa shape index (κ2) is 8.28. The first kappa shape index (κ1) is 21.3. The summed E-state index contributed by atoms with van der Waals surface area (Å²) in [7, 11) is -3.63. The summed E-state index contributed by atoms with van der Waals surface area (Å²) in [6.45, 7) is 1.41. The van der Waals surface area contributed by atoms with Crippen molar-refractivity contribution < 1.29 is 22.9 Å². The van der Waals surface area contributed by atoms with E-state index < -0.39 is 16.1 Å². The van der Waals surface area contributed by atoms with Gasteiger partial charge in [0.05, 0.1) is 48.2 Å². The van der Waals surface area contributed by atoms with Gasteiger partial charge in [-0.1, -0.05) is 35.3 Å². The molecule has 0 radical (unpaired) electrons. The molecule has 0 spiro atoms. The van der Waals surface area contributed by atoms with Gasteiger partial charge in [0.15, 0.2) is 6.04 Å². The van der Waals surface area contributed by atoms with Gasteiger partial charge in [-0.3, -0.25) is 9.59 Å². The number of anilines is 1. The Labute approximate surface area is 184 Å². The Morgan fingerprint density at radius 3 is 2.20 bits per heavy atom. The van der Waals surface area contributed by atoms with Crippen LogP contribution in [-0.4, -0.2) is 56.8 Å². The number of para-hydroxylation sites is 1. The molecule has 4 rings (SSSR count). The first-order valence-corrected chi connectivity index (χ1v) is 11.7. The molecule has 2 aliphatic rings. The third-order valence-electron chi connectivity index (χ3n) is 5.55. The van der Waals surface area contributed by atoms with Crippen molar-refractivity contribution in [2.75, 3.05) is 31.1 Å². The molecule has 2 amide bonds. The molecule has 0 aliphatic carbocycles. The summed E-state index contributed by atoms with van der Waals surface area (Å²) in [4.78, 5) is 27.8. The molecule has 0 saturated carbocycles. The maximum absolute atomic E-state index is 13.0. The smallest absolute Gasteiger partial charge is 0.292 e. The molecule has 0 bridgehead atoms. The highest BCUT2D eigenvalue weighted by atomic mass is 35.5. The molecular weight excluding hydrogens is 449 g/mol. The summed E-state index contributed by atoms with van der Waals surface area (Å²) >= 11 is 12.0. The summed E-state index contributed by atoms with van der Waals surface area (Å²) in [6, 6.07) is 12.3. The average Bonchev–Trinajstić information content (AvgIpc) is 3.03. The van der Waals surface area contributed by atoms with Crippen LogP contribution in [-0.2, 0) is 19.6 Å². The molecule has 2 aromatic rings. The van der Waals surface area contributed by atoms with E-state index in [9.17, 15) is 18.0 Å². The molecular formula is C20H20Cl2N3O4S+. The van der Waals surface area contributed by atoms with Crippen molar-refractivity contribution in [3.8, 4) is 0 Å². The maximum atomic E-state index is 13.0. The normalized spacial score (nSPS) is 21.4. The summed E-state index contributed by atoms with van der Waals surface area (Å²) in [5.41, 5.74) is 0.389. The highest BCUT2D eigenvalue weighted by Crippen LogP contribution is 2.29. The molecule has 30 heavy (non-hydrogen) atoms. The Hall–Kier alpha value is -1.97. The third-order valence-corrected chi connectivity index (χ3v) is 8.03. The lowest BCUT2D eigenvalue weighted by Crippen LogP contribution is -3.19. The number of hydrogen-bond acceptors (Lipinski definition) is 4. The van der Waals surface area contributed by atoms with Crippen molar-refractivity contribution in [1.29, 1.82) is 0 Å². The molecule has 2 fully saturated rings. The minimum Gasteiger partial charge on any atom is -0.322 e. The van der Waals surface area contributed by atoms with E-state index in [1.807, 2.05) is 0 Å². The van der Waals surface area contributed by atoms with Crippen LogP contribution in [0, 0.1) is 0 Å². The molecule has 0 unspecified atom stereocenters. The highest BCUT2D eigenvalue weighted by molar-refractivity contribution is 7.89. The number of nitrogens with one attached hydrogen (secondary N) is 1. The number of quaternary nitrogens is 1. The molecule has 158 valence electrons. The van der Waals surface area contributed by atoms with Crippen molar-refractivity contribution in [1.82, 2.24) is 4.31 Å². The van der Waals surface area contributed by atoms with Gasteiger partial charge in [0.2, 0.25) is 15.9 Å². The van der Waals surface area contributed by atoms with Gasteiger partial charge in [-0.25, -0.2) is 13.3 Å². The van der Waals surface area contributed by atoms with Crippen LogP contribution in [0.1, 0.15) is 6.42 Å². The van der Waals surface area contributed by atoms with Crippen LogP contribution in [0.3, 0.4) is 0 Å². The van der Waals surface area contributed by atoms with Gasteiger partial charge in [0.25, 0.3) is 5.91 Å². The molecule has 1 N–H and O–H groups in total. The maximum Gasteiger partial charge on any atom is 0.292 e. The van der Waals surface area contributed by atoms with E-state index in [1.165, 1.54) is 16.4 Å². The second-order valence-electron chi connectivity index (χ2n) is 7.29. The molecule has 2 heterocycles. The lowest BCUT2D eigenvalue weighted by atomic mass is 10.2. The quantitative estimate of drug-likeness (QED) is 0.684. The Bertz CT molecular complexity index is 1080. The standard InChI is InChI=1S/C20H19Cl2N3O4S/c21-14-5-7-15(8-6-14)30(28,29)24-11-9-23(10-12-24)18-13-19(26)25(20(18)27)17-4-2-1-3-16(17)22/h1-8,18H,9-13H2/p+1/t18-/m1/s1. The van der Waals surface area contributed by atoms with Crippen molar-refractivity contribution in [2.45, 2.75) is 17.4 Å². The number of benzene rings is 2. The Morgan fingerprint density at radius 2 is 1.57 bits per heavy atom. The number of carbonyl (C=O) groups is 2. The van der Waals surface area contributed by atoms with Crippen molar-refractivity contribution >= 4 is 50.7 Å². The van der Waals surface area contributed by atoms with Crippen LogP contribution in [0.15, 0.2) is 53.4 Å². The number of piperazine rings is 1. The Balaban J connectivity index is 1.46. The van der Waals surface area contributed by atoms with Crippen LogP contribution < -0.4 is 9.80 Å². The minimum atomic E-state index is -3.63. The third kappa shape index (κ3) is 3.86. The highest BCUT2D eigenvalue weighted by Gasteiger charge is 2.47. The van der Waals surface area contributed by atoms with Gasteiger partial charge >= 0.3 is 0 Å². The first-order valence-electron chi connectivity index (χ1n) is 9.50. The van der Waals surface area contributed by atoms with E-state index in [-0.39, 0.29) is 36.2 Å². The zero-order chi connectivity index (χ0) is 21.5. The van der Waals surface area contributed by atoms with E-state index in [4.69, 9.17) is 23.2 Å². The first-order chi connectivity index (χ1) is 14.3. The number of halogens is 2. The predicted octanol–water partition coefficient (Wildman–Crippen LogP) is 1.21. The predicted molar refractivity (Wildman–Crippen MR) is 113 cm³/mol. The van der Waals surface area contributed by atoms with Crippen molar-refractivity contribution in [3.63, 3.8) is 0 Å². The van der Waals surface area contributed by atoms with E-state index in [0.29, 0.717) is 28.8 Å². The lowest BCUT2D eigenvalue weighted by Gasteiger charge is -2.33. The topological polar surface area (TPSA) is 79.2 Å². The van der Waals surface area contributed by atoms with Crippen LogP contribution in [0.4, 0.5) is 5.69 Å². The number of rotatable bonds is 4. The van der Waals surface area contributed by atoms with Gasteiger partial charge in [-0.2, -0.15) is 4.31 Å². The largest absolute Gasteiger partial charge is 0.322 e. The Morgan fingerprint density at radius 1 is 0.933 bits per heavy atom. The number of sulfonamides is 1. The van der Waals surface area contributed by atoms with Gasteiger partial charge in [0.1, 0.15) is 0 Å². The van der Waals surface area contributed by atoms with Gasteiger partial charge in [-0.05, 0) is 36.4 Å². The molecule has 2 aliphatic heterocycles. The van der Waals surface area contributed by atoms with Gasteiger partial charge in [-0.15, -0.1) is 0 Å². The molecule has 7 nitrogen and oxygen atoms in total. The number of nitrogens with zero attached hydrogens (tertiary/aromatic N) is 2. The van der Waals surface area contributed by atoms with E-state index in [1.54, 1.807) is 36.4 Å². The molecule has 2 aromatic carbocycles. The molecule has 0 aromatic heterocycles. The summed E-state index contributed by atoms with van der Waals surface area (Å²) in [5.74, 6) is -0.584. The number of amides is 2. The summed E-state index contributed by atoms with van der Waals surface area (Å²) in [5, 5.41) is 0.810. The molecule has 2 saturated heterocycles. The SMILES string of the molecule is O=C1C[C@@H]([NH+]2CCN(S(=O)(=O)c3ccc(Cl)cc3)CC2)C(=O)N1c1ccccc1Cl. The van der Waals surface area contributed by atoms with Gasteiger partial charge < -0.3 is 4.90 Å². The second-order valence-corrected chi connectivity index (χ2v) is 10.1. The fraction of sp³-hybridized carbons (Fsp3) is 0.300. The van der Waals surface area contributed by atoms with E-state index in [0.717, 1.165) is 9.80 Å². The summed E-state index contributed by atoms with van der Waals surface area (Å²) in [6.07, 6.45) is 0.0866. The van der Waals surface area contributed by atoms with E-state index >= 15 is 0 Å². The average molecular weight is 469 g/mol. The zero-order valence-electron chi connectivity index (χ0n) is 15.9. The van der Waals surface area contributed by atoms with Crippen LogP contribution in [0.2, 0.25) is 10.0 Å². The monoisotopic (exact) mass is 468 g/mol.